The second-order valence-electron chi connectivity index (χ2n) is 6.28. The molecule has 0 spiro atoms. The van der Waals surface area contributed by atoms with Crippen LogP contribution in [0.5, 0.6) is 0 Å². The van der Waals surface area contributed by atoms with Crippen LogP contribution in [0.2, 0.25) is 0 Å². The Balaban J connectivity index is 1.86. The van der Waals surface area contributed by atoms with E-state index in [2.05, 4.69) is 4.74 Å². The summed E-state index contributed by atoms with van der Waals surface area (Å²) in [7, 11) is 2.86. The number of nitrogens with zero attached hydrogens (tertiary/aromatic N) is 1. The van der Waals surface area contributed by atoms with Gasteiger partial charge in [0.15, 0.2) is 0 Å². The number of hydrogen-bond donors (Lipinski definition) is 0. The molecule has 0 N–H and O–H groups in total. The summed E-state index contributed by atoms with van der Waals surface area (Å²) in [5.74, 6) is -0.337. The van der Waals surface area contributed by atoms with Crippen molar-refractivity contribution in [2.24, 2.45) is 0 Å². The highest BCUT2D eigenvalue weighted by atomic mass is 19.1. The van der Waals surface area contributed by atoms with E-state index in [0.29, 0.717) is 29.9 Å². The molecule has 1 amide bonds. The quantitative estimate of drug-likeness (QED) is 0.786. The zero-order chi connectivity index (χ0) is 15.9. The number of benzene rings is 1. The van der Waals surface area contributed by atoms with E-state index in [9.17, 15) is 14.0 Å². The van der Waals surface area contributed by atoms with E-state index in [-0.39, 0.29) is 12.5 Å². The van der Waals surface area contributed by atoms with E-state index in [0.717, 1.165) is 18.4 Å². The van der Waals surface area contributed by atoms with E-state index in [1.54, 1.807) is 19.2 Å². The minimum Gasteiger partial charge on any atom is -0.468 e. The molecule has 0 bridgehead atoms. The number of methoxy groups -OCH3 is 1. The third-order valence-electron chi connectivity index (χ3n) is 4.45. The number of alkyl halides is 1. The zero-order valence-electron chi connectivity index (χ0n) is 12.9. The smallest absolute Gasteiger partial charge is 0.325 e. The lowest BCUT2D eigenvalue weighted by atomic mass is 9.96. The fourth-order valence-corrected chi connectivity index (χ4v) is 2.70. The first-order valence-electron chi connectivity index (χ1n) is 7.60. The molecule has 2 saturated carbocycles. The van der Waals surface area contributed by atoms with Crippen molar-refractivity contribution in [2.75, 3.05) is 20.7 Å². The Morgan fingerprint density at radius 2 is 2.05 bits per heavy atom. The van der Waals surface area contributed by atoms with Gasteiger partial charge in [-0.2, -0.15) is 0 Å². The standard InChI is InChI=1S/C17H20FNO3/c1-19(10-15(20)22-2)16(21)13-6-5-12(17(18)7-8-17)9-14(13)11-3-4-11/h5-6,9,11H,3-4,7-8,10H2,1-2H3. The summed E-state index contributed by atoms with van der Waals surface area (Å²) in [6, 6.07) is 5.26. The van der Waals surface area contributed by atoms with Gasteiger partial charge >= 0.3 is 5.97 Å². The van der Waals surface area contributed by atoms with Crippen molar-refractivity contribution < 1.29 is 18.7 Å². The molecule has 0 unspecified atom stereocenters. The van der Waals surface area contributed by atoms with Crippen LogP contribution in [0.25, 0.3) is 0 Å². The van der Waals surface area contributed by atoms with Crippen molar-refractivity contribution in [1.29, 1.82) is 0 Å². The molecule has 118 valence electrons. The van der Waals surface area contributed by atoms with Crippen molar-refractivity contribution >= 4 is 11.9 Å². The number of hydrogen-bond acceptors (Lipinski definition) is 3. The third kappa shape index (κ3) is 2.85. The molecule has 5 heteroatoms. The van der Waals surface area contributed by atoms with Gasteiger partial charge in [0.2, 0.25) is 0 Å². The number of carbonyl (C=O) groups excluding carboxylic acids is 2. The average Bonchev–Trinajstić information content (AvgIpc) is 3.41. The SMILES string of the molecule is COC(=O)CN(C)C(=O)c1ccc(C2(F)CC2)cc1C1CC1. The molecule has 0 aromatic heterocycles. The van der Waals surface area contributed by atoms with Gasteiger partial charge in [-0.1, -0.05) is 12.1 Å². The van der Waals surface area contributed by atoms with Crippen molar-refractivity contribution in [2.45, 2.75) is 37.3 Å². The number of likely N-dealkylation sites (N-methyl/N-ethyl adjacent to an activating group) is 1. The Bertz CT molecular complexity index is 620. The Kier molecular flexibility index (Phi) is 3.67. The van der Waals surface area contributed by atoms with Gasteiger partial charge in [-0.05, 0) is 48.8 Å². The van der Waals surface area contributed by atoms with E-state index in [1.807, 2.05) is 6.07 Å². The monoisotopic (exact) mass is 305 g/mol. The third-order valence-corrected chi connectivity index (χ3v) is 4.45. The maximum absolute atomic E-state index is 14.2. The van der Waals surface area contributed by atoms with Gasteiger partial charge in [-0.3, -0.25) is 9.59 Å². The van der Waals surface area contributed by atoms with Crippen molar-refractivity contribution in [3.63, 3.8) is 0 Å². The van der Waals surface area contributed by atoms with Gasteiger partial charge in [-0.15, -0.1) is 0 Å². The highest BCUT2D eigenvalue weighted by Gasteiger charge is 2.45. The fraction of sp³-hybridized carbons (Fsp3) is 0.529. The van der Waals surface area contributed by atoms with Gasteiger partial charge in [0.1, 0.15) is 12.2 Å². The van der Waals surface area contributed by atoms with Crippen LogP contribution in [0.4, 0.5) is 4.39 Å². The molecule has 1 aromatic carbocycles. The lowest BCUT2D eigenvalue weighted by molar-refractivity contribution is -0.141. The summed E-state index contributed by atoms with van der Waals surface area (Å²) in [6.07, 6.45) is 3.19. The Labute approximate surface area is 129 Å². The van der Waals surface area contributed by atoms with Crippen molar-refractivity contribution in [3.05, 3.63) is 34.9 Å². The lowest BCUT2D eigenvalue weighted by Gasteiger charge is -2.19. The number of carbonyl (C=O) groups is 2. The van der Waals surface area contributed by atoms with Crippen LogP contribution < -0.4 is 0 Å². The first-order valence-corrected chi connectivity index (χ1v) is 7.60. The molecule has 0 atom stereocenters. The molecule has 2 aliphatic carbocycles. The second-order valence-corrected chi connectivity index (χ2v) is 6.28. The van der Waals surface area contributed by atoms with Crippen LogP contribution in [-0.4, -0.2) is 37.5 Å². The largest absolute Gasteiger partial charge is 0.468 e. The van der Waals surface area contributed by atoms with E-state index < -0.39 is 11.6 Å². The van der Waals surface area contributed by atoms with E-state index in [1.165, 1.54) is 12.0 Å². The Hall–Kier alpha value is -1.91. The highest BCUT2D eigenvalue weighted by molar-refractivity contribution is 5.97. The predicted octanol–water partition coefficient (Wildman–Crippen LogP) is 2.77. The second kappa shape index (κ2) is 5.38. The maximum Gasteiger partial charge on any atom is 0.325 e. The van der Waals surface area contributed by atoms with Crippen LogP contribution in [0, 0.1) is 0 Å². The Morgan fingerprint density at radius 3 is 2.59 bits per heavy atom. The van der Waals surface area contributed by atoms with Crippen LogP contribution in [0.3, 0.4) is 0 Å². The molecule has 4 nitrogen and oxygen atoms in total. The van der Waals surface area contributed by atoms with Crippen LogP contribution in [0.1, 0.15) is 53.1 Å². The molecule has 1 aromatic rings. The molecule has 0 aliphatic heterocycles. The molecule has 0 heterocycles. The summed E-state index contributed by atoms with van der Waals surface area (Å²) in [6.45, 7) is -0.0890. The summed E-state index contributed by atoms with van der Waals surface area (Å²) < 4.78 is 18.8. The molecule has 2 aliphatic rings. The molecule has 0 radical (unpaired) electrons. The lowest BCUT2D eigenvalue weighted by Crippen LogP contribution is -2.33. The first kappa shape index (κ1) is 15.0. The summed E-state index contributed by atoms with van der Waals surface area (Å²) in [5, 5.41) is 0. The maximum atomic E-state index is 14.2. The number of ether oxygens (including phenoxy) is 1. The molecule has 22 heavy (non-hydrogen) atoms. The van der Waals surface area contributed by atoms with Gasteiger partial charge < -0.3 is 9.64 Å². The highest BCUT2D eigenvalue weighted by Crippen LogP contribution is 2.51. The van der Waals surface area contributed by atoms with Crippen LogP contribution >= 0.6 is 0 Å². The first-order chi connectivity index (χ1) is 10.4. The summed E-state index contributed by atoms with van der Waals surface area (Å²) in [4.78, 5) is 25.2. The average molecular weight is 305 g/mol. The van der Waals surface area contributed by atoms with E-state index in [4.69, 9.17) is 0 Å². The Morgan fingerprint density at radius 1 is 1.36 bits per heavy atom. The van der Waals surface area contributed by atoms with Gasteiger partial charge in [-0.25, -0.2) is 4.39 Å². The molecule has 2 fully saturated rings. The topological polar surface area (TPSA) is 46.6 Å². The fourth-order valence-electron chi connectivity index (χ4n) is 2.70. The van der Waals surface area contributed by atoms with Crippen molar-refractivity contribution in [1.82, 2.24) is 4.90 Å². The number of esters is 1. The normalized spacial score (nSPS) is 18.7. The van der Waals surface area contributed by atoms with Gasteiger partial charge in [0.05, 0.1) is 7.11 Å². The number of halogens is 1. The van der Waals surface area contributed by atoms with E-state index >= 15 is 0 Å². The van der Waals surface area contributed by atoms with Crippen LogP contribution in [0.15, 0.2) is 18.2 Å². The van der Waals surface area contributed by atoms with Gasteiger partial charge in [0.25, 0.3) is 5.91 Å². The minimum atomic E-state index is -1.19. The number of amides is 1. The molecule has 0 saturated heterocycles. The summed E-state index contributed by atoms with van der Waals surface area (Å²) >= 11 is 0. The molecule has 3 rings (SSSR count). The zero-order valence-corrected chi connectivity index (χ0v) is 12.9. The minimum absolute atomic E-state index is 0.0890. The number of rotatable bonds is 5. The summed E-state index contributed by atoms with van der Waals surface area (Å²) in [5.41, 5.74) is 0.981. The molecular formula is C17H20FNO3. The van der Waals surface area contributed by atoms with Gasteiger partial charge in [0, 0.05) is 12.6 Å². The van der Waals surface area contributed by atoms with Crippen LogP contribution in [-0.2, 0) is 15.2 Å². The predicted molar refractivity (Wildman–Crippen MR) is 79.4 cm³/mol. The molecular weight excluding hydrogens is 285 g/mol. The van der Waals surface area contributed by atoms with Crippen molar-refractivity contribution in [3.8, 4) is 0 Å².